The van der Waals surface area contributed by atoms with Crippen LogP contribution in [0.3, 0.4) is 0 Å². The van der Waals surface area contributed by atoms with Gasteiger partial charge in [-0.3, -0.25) is 0 Å². The van der Waals surface area contributed by atoms with Gasteiger partial charge in [0.05, 0.1) is 0 Å². The van der Waals surface area contributed by atoms with Crippen molar-refractivity contribution in [1.82, 2.24) is 0 Å². The zero-order chi connectivity index (χ0) is 10.5. The molecule has 0 spiro atoms. The monoisotopic (exact) mass is 193 g/mol. The summed E-state index contributed by atoms with van der Waals surface area (Å²) in [7, 11) is 0. The van der Waals surface area contributed by atoms with Gasteiger partial charge < -0.3 is 0 Å². The number of benzene rings is 2. The Kier molecular flexibility index (Phi) is 2.99. The highest BCUT2D eigenvalue weighted by atomic mass is 13.9. The number of hydrogen-bond donors (Lipinski definition) is 0. The van der Waals surface area contributed by atoms with Gasteiger partial charge >= 0.3 is 0 Å². The van der Waals surface area contributed by atoms with Crippen molar-refractivity contribution in [3.63, 3.8) is 0 Å². The first-order valence-electron chi connectivity index (χ1n) is 5.00. The van der Waals surface area contributed by atoms with Crippen molar-refractivity contribution in [3.05, 3.63) is 78.2 Å². The van der Waals surface area contributed by atoms with Gasteiger partial charge in [0.15, 0.2) is 0 Å². The first kappa shape index (κ1) is 9.72. The second-order valence-corrected chi connectivity index (χ2v) is 3.49. The van der Waals surface area contributed by atoms with Crippen LogP contribution in [0.2, 0.25) is 0 Å². The van der Waals surface area contributed by atoms with Gasteiger partial charge in [-0.25, -0.2) is 0 Å². The van der Waals surface area contributed by atoms with E-state index in [1.54, 1.807) is 0 Å². The molecule has 0 nitrogen and oxygen atoms in total. The lowest BCUT2D eigenvalue weighted by Gasteiger charge is -1.95. The van der Waals surface area contributed by atoms with Crippen molar-refractivity contribution < 1.29 is 0 Å². The van der Waals surface area contributed by atoms with Crippen LogP contribution < -0.4 is 0 Å². The molecule has 2 rings (SSSR count). The van der Waals surface area contributed by atoms with E-state index in [1.165, 1.54) is 11.1 Å². The maximum atomic E-state index is 3.86. The van der Waals surface area contributed by atoms with Crippen molar-refractivity contribution in [2.45, 2.75) is 0 Å². The van der Waals surface area contributed by atoms with Crippen molar-refractivity contribution in [2.75, 3.05) is 0 Å². The van der Waals surface area contributed by atoms with Crippen LogP contribution in [0.1, 0.15) is 16.7 Å². The summed E-state index contributed by atoms with van der Waals surface area (Å²) in [6.07, 6.45) is 4.22. The van der Waals surface area contributed by atoms with E-state index < -0.39 is 0 Å². The Morgan fingerprint density at radius 2 is 1.20 bits per heavy atom. The fourth-order valence-electron chi connectivity index (χ4n) is 1.39. The predicted molar refractivity (Wildman–Crippen MR) is 66.3 cm³/mol. The zero-order valence-corrected chi connectivity index (χ0v) is 8.56. The number of hydrogen-bond acceptors (Lipinski definition) is 0. The fourth-order valence-corrected chi connectivity index (χ4v) is 1.39. The van der Waals surface area contributed by atoms with Gasteiger partial charge in [-0.1, -0.05) is 66.7 Å². The van der Waals surface area contributed by atoms with Gasteiger partial charge in [-0.05, 0) is 23.6 Å². The van der Waals surface area contributed by atoms with Crippen LogP contribution in [-0.4, -0.2) is 0 Å². The average molecular weight is 193 g/mol. The summed E-state index contributed by atoms with van der Waals surface area (Å²) in [6, 6.07) is 18.5. The Morgan fingerprint density at radius 3 is 1.80 bits per heavy atom. The van der Waals surface area contributed by atoms with Crippen molar-refractivity contribution in [2.24, 2.45) is 0 Å². The highest BCUT2D eigenvalue weighted by Crippen LogP contribution is 2.08. The molecule has 73 valence electrons. The average Bonchev–Trinajstić information content (AvgIpc) is 2.30. The molecule has 0 unspecified atom stereocenters. The summed E-state index contributed by atoms with van der Waals surface area (Å²) >= 11 is 0. The Labute approximate surface area is 90.9 Å². The molecule has 0 saturated heterocycles. The van der Waals surface area contributed by atoms with E-state index in [0.29, 0.717) is 0 Å². The standard InChI is InChI=1S/C15H13/c1-13-7-9-15(10-8-13)12-11-14-5-3-2-4-6-14/h2-12H,1H2/b12-11+. The van der Waals surface area contributed by atoms with E-state index in [0.717, 1.165) is 5.56 Å². The van der Waals surface area contributed by atoms with Crippen molar-refractivity contribution >= 4 is 12.2 Å². The topological polar surface area (TPSA) is 0 Å². The minimum Gasteiger partial charge on any atom is -0.0622 e. The van der Waals surface area contributed by atoms with Crippen LogP contribution in [0.15, 0.2) is 54.6 Å². The van der Waals surface area contributed by atoms with Crippen LogP contribution in [0.4, 0.5) is 0 Å². The van der Waals surface area contributed by atoms with E-state index in [-0.39, 0.29) is 0 Å². The van der Waals surface area contributed by atoms with Gasteiger partial charge in [-0.2, -0.15) is 0 Å². The lowest BCUT2D eigenvalue weighted by molar-refractivity contribution is 1.58. The second-order valence-electron chi connectivity index (χ2n) is 3.49. The smallest absolute Gasteiger partial charge is 0.0238 e. The van der Waals surface area contributed by atoms with Crippen LogP contribution in [0, 0.1) is 6.92 Å². The Hall–Kier alpha value is -1.82. The summed E-state index contributed by atoms with van der Waals surface area (Å²) in [5.74, 6) is 0. The molecule has 0 aromatic heterocycles. The Balaban J connectivity index is 2.15. The van der Waals surface area contributed by atoms with E-state index in [2.05, 4.69) is 43.3 Å². The van der Waals surface area contributed by atoms with Crippen LogP contribution in [0.5, 0.6) is 0 Å². The fraction of sp³-hybridized carbons (Fsp3) is 0. The molecule has 0 heterocycles. The van der Waals surface area contributed by atoms with Gasteiger partial charge in [0.25, 0.3) is 0 Å². The van der Waals surface area contributed by atoms with E-state index in [9.17, 15) is 0 Å². The van der Waals surface area contributed by atoms with E-state index in [4.69, 9.17) is 0 Å². The van der Waals surface area contributed by atoms with Gasteiger partial charge in [0.2, 0.25) is 0 Å². The normalized spacial score (nSPS) is 10.7. The quantitative estimate of drug-likeness (QED) is 0.631. The van der Waals surface area contributed by atoms with E-state index >= 15 is 0 Å². The molecule has 0 fully saturated rings. The van der Waals surface area contributed by atoms with Gasteiger partial charge in [0, 0.05) is 0 Å². The molecule has 0 amide bonds. The summed E-state index contributed by atoms with van der Waals surface area (Å²) in [6.45, 7) is 3.86. The third-order valence-corrected chi connectivity index (χ3v) is 2.25. The Morgan fingerprint density at radius 1 is 0.667 bits per heavy atom. The molecule has 0 N–H and O–H groups in total. The molecule has 0 aliphatic rings. The maximum absolute atomic E-state index is 3.86. The molecular weight excluding hydrogens is 180 g/mol. The molecule has 15 heavy (non-hydrogen) atoms. The summed E-state index contributed by atoms with van der Waals surface area (Å²) in [5.41, 5.74) is 3.47. The molecule has 2 aromatic carbocycles. The Bertz CT molecular complexity index is 435. The first-order valence-corrected chi connectivity index (χ1v) is 5.00. The molecule has 0 heteroatoms. The summed E-state index contributed by atoms with van der Waals surface area (Å²) < 4.78 is 0. The zero-order valence-electron chi connectivity index (χ0n) is 8.56. The van der Waals surface area contributed by atoms with Gasteiger partial charge in [0.1, 0.15) is 0 Å². The number of rotatable bonds is 2. The van der Waals surface area contributed by atoms with Gasteiger partial charge in [-0.15, -0.1) is 0 Å². The first-order chi connectivity index (χ1) is 7.34. The minimum atomic E-state index is 1.05. The lowest BCUT2D eigenvalue weighted by atomic mass is 10.1. The van der Waals surface area contributed by atoms with Crippen LogP contribution >= 0.6 is 0 Å². The summed E-state index contributed by atoms with van der Waals surface area (Å²) in [5, 5.41) is 0. The SMILES string of the molecule is [CH2]c1ccc(/C=C/c2ccccc2)cc1. The predicted octanol–water partition coefficient (Wildman–Crippen LogP) is 4.04. The second kappa shape index (κ2) is 4.61. The van der Waals surface area contributed by atoms with Crippen molar-refractivity contribution in [1.29, 1.82) is 0 Å². The van der Waals surface area contributed by atoms with Crippen molar-refractivity contribution in [3.8, 4) is 0 Å². The molecule has 0 saturated carbocycles. The lowest BCUT2D eigenvalue weighted by Crippen LogP contribution is -1.74. The molecule has 0 aliphatic carbocycles. The minimum absolute atomic E-state index is 1.05. The highest BCUT2D eigenvalue weighted by Gasteiger charge is 1.87. The molecular formula is C15H13. The van der Waals surface area contributed by atoms with Crippen LogP contribution in [-0.2, 0) is 0 Å². The molecule has 0 bridgehead atoms. The molecule has 1 radical (unpaired) electrons. The molecule has 0 aliphatic heterocycles. The summed E-state index contributed by atoms with van der Waals surface area (Å²) in [4.78, 5) is 0. The molecule has 0 atom stereocenters. The molecule has 2 aromatic rings. The van der Waals surface area contributed by atoms with E-state index in [1.807, 2.05) is 30.3 Å². The van der Waals surface area contributed by atoms with Crippen LogP contribution in [0.25, 0.3) is 12.2 Å². The third-order valence-electron chi connectivity index (χ3n) is 2.25. The maximum Gasteiger partial charge on any atom is -0.0238 e. The highest BCUT2D eigenvalue weighted by molar-refractivity contribution is 5.69. The third kappa shape index (κ3) is 2.81. The largest absolute Gasteiger partial charge is 0.0622 e.